The SMILES string of the molecule is CCCCCCC1(c2ccccn2)NC(=O)NC1=O. The van der Waals surface area contributed by atoms with Gasteiger partial charge in [0.1, 0.15) is 0 Å². The highest BCUT2D eigenvalue weighted by molar-refractivity contribution is 6.07. The fraction of sp³-hybridized carbons (Fsp3) is 0.500. The van der Waals surface area contributed by atoms with E-state index in [2.05, 4.69) is 22.5 Å². The third-order valence-corrected chi connectivity index (χ3v) is 3.45. The van der Waals surface area contributed by atoms with Crippen molar-refractivity contribution in [3.63, 3.8) is 0 Å². The number of carbonyl (C=O) groups excluding carboxylic acids is 2. The molecule has 1 unspecified atom stereocenters. The van der Waals surface area contributed by atoms with Gasteiger partial charge in [0.05, 0.1) is 5.69 Å². The Bertz CT molecular complexity index is 461. The molecule has 1 aromatic rings. The van der Waals surface area contributed by atoms with Crippen LogP contribution in [0.5, 0.6) is 0 Å². The minimum Gasteiger partial charge on any atom is -0.318 e. The zero-order valence-corrected chi connectivity index (χ0v) is 11.1. The van der Waals surface area contributed by atoms with E-state index < -0.39 is 11.6 Å². The predicted octanol–water partition coefficient (Wildman–Crippen LogP) is 2.09. The molecule has 0 aromatic carbocycles. The van der Waals surface area contributed by atoms with E-state index in [-0.39, 0.29) is 5.91 Å². The first-order chi connectivity index (χ1) is 9.19. The molecule has 0 radical (unpaired) electrons. The van der Waals surface area contributed by atoms with Gasteiger partial charge in [-0.1, -0.05) is 38.7 Å². The van der Waals surface area contributed by atoms with E-state index in [0.717, 1.165) is 25.7 Å². The maximum Gasteiger partial charge on any atom is 0.322 e. The molecule has 1 aliphatic heterocycles. The smallest absolute Gasteiger partial charge is 0.318 e. The number of nitrogens with one attached hydrogen (secondary N) is 2. The van der Waals surface area contributed by atoms with E-state index in [0.29, 0.717) is 12.1 Å². The van der Waals surface area contributed by atoms with Gasteiger partial charge in [-0.15, -0.1) is 0 Å². The average Bonchev–Trinajstić information content (AvgIpc) is 2.71. The molecule has 3 amide bonds. The van der Waals surface area contributed by atoms with Gasteiger partial charge in [-0.2, -0.15) is 0 Å². The lowest BCUT2D eigenvalue weighted by Gasteiger charge is -2.25. The van der Waals surface area contributed by atoms with Crippen molar-refractivity contribution >= 4 is 11.9 Å². The summed E-state index contributed by atoms with van der Waals surface area (Å²) in [6, 6.07) is 4.97. The quantitative estimate of drug-likeness (QED) is 0.608. The summed E-state index contributed by atoms with van der Waals surface area (Å²) in [6.07, 6.45) is 6.43. The second kappa shape index (κ2) is 5.82. The average molecular weight is 261 g/mol. The van der Waals surface area contributed by atoms with Gasteiger partial charge in [0, 0.05) is 6.20 Å². The van der Waals surface area contributed by atoms with Crippen LogP contribution in [0.3, 0.4) is 0 Å². The minimum absolute atomic E-state index is 0.298. The zero-order chi connectivity index (χ0) is 13.7. The number of rotatable bonds is 6. The van der Waals surface area contributed by atoms with Gasteiger partial charge in [0.25, 0.3) is 5.91 Å². The fourth-order valence-corrected chi connectivity index (χ4v) is 2.41. The molecule has 5 nitrogen and oxygen atoms in total. The van der Waals surface area contributed by atoms with Crippen molar-refractivity contribution in [1.82, 2.24) is 15.6 Å². The molecule has 0 spiro atoms. The summed E-state index contributed by atoms with van der Waals surface area (Å²) in [5.74, 6) is -0.298. The number of aromatic nitrogens is 1. The summed E-state index contributed by atoms with van der Waals surface area (Å²) in [6.45, 7) is 2.14. The Morgan fingerprint density at radius 1 is 1.21 bits per heavy atom. The number of unbranched alkanes of at least 4 members (excludes halogenated alkanes) is 3. The molecule has 2 heterocycles. The zero-order valence-electron chi connectivity index (χ0n) is 11.1. The highest BCUT2D eigenvalue weighted by Crippen LogP contribution is 2.29. The number of nitrogens with zero attached hydrogens (tertiary/aromatic N) is 1. The number of carbonyl (C=O) groups is 2. The number of hydrogen-bond acceptors (Lipinski definition) is 3. The molecule has 102 valence electrons. The molecular formula is C14H19N3O2. The first-order valence-corrected chi connectivity index (χ1v) is 6.74. The highest BCUT2D eigenvalue weighted by Gasteiger charge is 2.48. The van der Waals surface area contributed by atoms with E-state index in [1.807, 2.05) is 6.07 Å². The maximum atomic E-state index is 12.1. The van der Waals surface area contributed by atoms with Crippen LogP contribution in [0.25, 0.3) is 0 Å². The number of imide groups is 1. The van der Waals surface area contributed by atoms with E-state index in [4.69, 9.17) is 0 Å². The highest BCUT2D eigenvalue weighted by atomic mass is 16.2. The molecule has 0 saturated carbocycles. The normalized spacial score (nSPS) is 22.2. The Labute approximate surface area is 112 Å². The summed E-state index contributed by atoms with van der Waals surface area (Å²) >= 11 is 0. The van der Waals surface area contributed by atoms with E-state index in [9.17, 15) is 9.59 Å². The molecule has 1 fully saturated rings. The summed E-state index contributed by atoms with van der Waals surface area (Å²) in [5.41, 5.74) is -0.388. The molecule has 5 heteroatoms. The molecule has 2 N–H and O–H groups in total. The molecule has 19 heavy (non-hydrogen) atoms. The molecule has 2 rings (SSSR count). The van der Waals surface area contributed by atoms with Crippen LogP contribution in [0.2, 0.25) is 0 Å². The second-order valence-electron chi connectivity index (χ2n) is 4.84. The van der Waals surface area contributed by atoms with Crippen molar-refractivity contribution < 1.29 is 9.59 Å². The van der Waals surface area contributed by atoms with Gasteiger partial charge >= 0.3 is 6.03 Å². The van der Waals surface area contributed by atoms with Crippen LogP contribution in [0.1, 0.15) is 44.7 Å². The third kappa shape index (κ3) is 2.75. The molecule has 1 aliphatic rings. The largest absolute Gasteiger partial charge is 0.322 e. The van der Waals surface area contributed by atoms with Crippen LogP contribution in [0.15, 0.2) is 24.4 Å². The lowest BCUT2D eigenvalue weighted by molar-refractivity contribution is -0.124. The Morgan fingerprint density at radius 2 is 2.05 bits per heavy atom. The van der Waals surface area contributed by atoms with E-state index in [1.165, 1.54) is 0 Å². The van der Waals surface area contributed by atoms with E-state index in [1.54, 1.807) is 18.3 Å². The lowest BCUT2D eigenvalue weighted by atomic mass is 9.88. The van der Waals surface area contributed by atoms with Gasteiger partial charge in [-0.3, -0.25) is 15.1 Å². The lowest BCUT2D eigenvalue weighted by Crippen LogP contribution is -2.44. The molecule has 0 bridgehead atoms. The Balaban J connectivity index is 2.19. The summed E-state index contributed by atoms with van der Waals surface area (Å²) in [7, 11) is 0. The van der Waals surface area contributed by atoms with Crippen molar-refractivity contribution in [2.24, 2.45) is 0 Å². The van der Waals surface area contributed by atoms with Crippen molar-refractivity contribution in [3.8, 4) is 0 Å². The maximum absolute atomic E-state index is 12.1. The Hall–Kier alpha value is -1.91. The molecular weight excluding hydrogens is 242 g/mol. The number of amides is 3. The second-order valence-corrected chi connectivity index (χ2v) is 4.84. The number of hydrogen-bond donors (Lipinski definition) is 2. The Kier molecular flexibility index (Phi) is 4.14. The van der Waals surface area contributed by atoms with Crippen LogP contribution in [-0.2, 0) is 10.3 Å². The van der Waals surface area contributed by atoms with Crippen LogP contribution in [0.4, 0.5) is 4.79 Å². The van der Waals surface area contributed by atoms with Crippen LogP contribution >= 0.6 is 0 Å². The fourth-order valence-electron chi connectivity index (χ4n) is 2.41. The minimum atomic E-state index is -0.994. The first kappa shape index (κ1) is 13.5. The summed E-state index contributed by atoms with van der Waals surface area (Å²) in [5, 5.41) is 5.07. The van der Waals surface area contributed by atoms with Gasteiger partial charge in [-0.25, -0.2) is 4.79 Å². The van der Waals surface area contributed by atoms with Crippen molar-refractivity contribution in [1.29, 1.82) is 0 Å². The van der Waals surface area contributed by atoms with Gasteiger partial charge in [-0.05, 0) is 18.6 Å². The molecule has 1 atom stereocenters. The first-order valence-electron chi connectivity index (χ1n) is 6.74. The van der Waals surface area contributed by atoms with Gasteiger partial charge in [0.15, 0.2) is 5.54 Å². The predicted molar refractivity (Wildman–Crippen MR) is 71.3 cm³/mol. The topological polar surface area (TPSA) is 71.1 Å². The standard InChI is InChI=1S/C14H19N3O2/c1-2-3-4-6-9-14(11-8-5-7-10-15-11)12(18)16-13(19)17-14/h5,7-8,10H,2-4,6,9H2,1H3,(H2,16,17,18,19). The van der Waals surface area contributed by atoms with Gasteiger partial charge < -0.3 is 5.32 Å². The van der Waals surface area contributed by atoms with Crippen LogP contribution in [0, 0.1) is 0 Å². The molecule has 1 saturated heterocycles. The van der Waals surface area contributed by atoms with Crippen molar-refractivity contribution in [2.75, 3.05) is 0 Å². The van der Waals surface area contributed by atoms with Gasteiger partial charge in [0.2, 0.25) is 0 Å². The number of pyridine rings is 1. The molecule has 0 aliphatic carbocycles. The summed E-state index contributed by atoms with van der Waals surface area (Å²) in [4.78, 5) is 27.8. The van der Waals surface area contributed by atoms with Crippen molar-refractivity contribution in [3.05, 3.63) is 30.1 Å². The third-order valence-electron chi connectivity index (χ3n) is 3.45. The Morgan fingerprint density at radius 3 is 2.63 bits per heavy atom. The molecule has 1 aromatic heterocycles. The monoisotopic (exact) mass is 261 g/mol. The van der Waals surface area contributed by atoms with Crippen molar-refractivity contribution in [2.45, 2.75) is 44.6 Å². The van der Waals surface area contributed by atoms with Crippen LogP contribution in [-0.4, -0.2) is 16.9 Å². The summed E-state index contributed by atoms with van der Waals surface area (Å²) < 4.78 is 0. The van der Waals surface area contributed by atoms with E-state index >= 15 is 0 Å². The number of urea groups is 1. The van der Waals surface area contributed by atoms with Crippen LogP contribution < -0.4 is 10.6 Å².